The Bertz CT molecular complexity index is 597. The molecule has 0 spiro atoms. The van der Waals surface area contributed by atoms with E-state index in [2.05, 4.69) is 9.97 Å². The number of nitrogens with zero attached hydrogens (tertiary/aromatic N) is 2. The van der Waals surface area contributed by atoms with Crippen LogP contribution in [0, 0.1) is 5.82 Å². The first-order valence-corrected chi connectivity index (χ1v) is 5.92. The molecule has 0 atom stereocenters. The lowest BCUT2D eigenvalue weighted by molar-refractivity contribution is 0.0694. The first-order chi connectivity index (χ1) is 9.10. The Labute approximate surface area is 110 Å². The summed E-state index contributed by atoms with van der Waals surface area (Å²) in [4.78, 5) is 19.3. The number of carbonyl (C=O) groups is 1. The van der Waals surface area contributed by atoms with E-state index in [1.54, 1.807) is 12.1 Å². The highest BCUT2D eigenvalue weighted by Crippen LogP contribution is 2.11. The highest BCUT2D eigenvalue weighted by atomic mass is 19.1. The maximum atomic E-state index is 12.8. The molecule has 1 heterocycles. The molecule has 2 rings (SSSR count). The number of rotatable bonds is 4. The first-order valence-electron chi connectivity index (χ1n) is 5.92. The van der Waals surface area contributed by atoms with Crippen LogP contribution in [-0.4, -0.2) is 21.0 Å². The van der Waals surface area contributed by atoms with E-state index in [0.717, 1.165) is 5.56 Å². The molecule has 0 aliphatic rings. The van der Waals surface area contributed by atoms with Gasteiger partial charge in [0.1, 0.15) is 11.6 Å². The Kier molecular flexibility index (Phi) is 3.85. The summed E-state index contributed by atoms with van der Waals surface area (Å²) in [5.74, 6) is -0.779. The molecule has 1 aromatic heterocycles. The molecule has 0 aliphatic carbocycles. The molecule has 1 N–H and O–H groups in total. The summed E-state index contributed by atoms with van der Waals surface area (Å²) in [6.07, 6.45) is 2.31. The van der Waals surface area contributed by atoms with Gasteiger partial charge in [-0.05, 0) is 24.1 Å². The van der Waals surface area contributed by atoms with E-state index in [0.29, 0.717) is 24.4 Å². The Morgan fingerprint density at radius 2 is 2.00 bits per heavy atom. The summed E-state index contributed by atoms with van der Waals surface area (Å²) in [6.45, 7) is 1.84. The number of aromatic carboxylic acids is 1. The van der Waals surface area contributed by atoms with E-state index in [-0.39, 0.29) is 11.4 Å². The molecule has 19 heavy (non-hydrogen) atoms. The molecule has 0 aliphatic heterocycles. The van der Waals surface area contributed by atoms with Gasteiger partial charge in [0.2, 0.25) is 0 Å². The zero-order valence-corrected chi connectivity index (χ0v) is 10.4. The minimum Gasteiger partial charge on any atom is -0.478 e. The third-order valence-corrected chi connectivity index (χ3v) is 2.76. The normalized spacial score (nSPS) is 10.4. The monoisotopic (exact) mass is 260 g/mol. The summed E-state index contributed by atoms with van der Waals surface area (Å²) in [6, 6.07) is 6.08. The number of aromatic nitrogens is 2. The van der Waals surface area contributed by atoms with Gasteiger partial charge in [0, 0.05) is 12.6 Å². The zero-order chi connectivity index (χ0) is 13.8. The van der Waals surface area contributed by atoms with Crippen molar-refractivity contribution in [3.05, 3.63) is 58.9 Å². The van der Waals surface area contributed by atoms with Crippen LogP contribution in [0.4, 0.5) is 4.39 Å². The fraction of sp³-hybridized carbons (Fsp3) is 0.214. The minimum atomic E-state index is -1.02. The highest BCUT2D eigenvalue weighted by Gasteiger charge is 2.12. The maximum Gasteiger partial charge on any atom is 0.339 e. The van der Waals surface area contributed by atoms with Gasteiger partial charge in [-0.25, -0.2) is 19.2 Å². The van der Waals surface area contributed by atoms with Gasteiger partial charge in [0.05, 0.1) is 11.3 Å². The second-order valence-corrected chi connectivity index (χ2v) is 4.11. The van der Waals surface area contributed by atoms with Gasteiger partial charge in [0.15, 0.2) is 0 Å². The third-order valence-electron chi connectivity index (χ3n) is 2.76. The standard InChI is InChI=1S/C14H13FN2O2/c1-2-12-11(14(18)19)8-16-13(17-12)7-9-3-5-10(15)6-4-9/h3-6,8H,2,7H2,1H3,(H,18,19). The lowest BCUT2D eigenvalue weighted by Crippen LogP contribution is -2.08. The van der Waals surface area contributed by atoms with Crippen LogP contribution in [-0.2, 0) is 12.8 Å². The zero-order valence-electron chi connectivity index (χ0n) is 10.4. The number of aryl methyl sites for hydroxylation is 1. The van der Waals surface area contributed by atoms with Gasteiger partial charge in [-0.15, -0.1) is 0 Å². The molecule has 0 saturated carbocycles. The minimum absolute atomic E-state index is 0.130. The molecule has 2 aromatic rings. The van der Waals surface area contributed by atoms with Crippen LogP contribution in [0.1, 0.15) is 34.4 Å². The number of carboxylic acids is 1. The second kappa shape index (κ2) is 5.56. The number of hydrogen-bond acceptors (Lipinski definition) is 3. The van der Waals surface area contributed by atoms with E-state index in [9.17, 15) is 9.18 Å². The highest BCUT2D eigenvalue weighted by molar-refractivity contribution is 5.88. The average Bonchev–Trinajstić information content (AvgIpc) is 2.41. The molecule has 0 radical (unpaired) electrons. The van der Waals surface area contributed by atoms with Gasteiger partial charge < -0.3 is 5.11 Å². The predicted molar refractivity (Wildman–Crippen MR) is 67.6 cm³/mol. The van der Waals surface area contributed by atoms with Crippen molar-refractivity contribution in [3.8, 4) is 0 Å². The third kappa shape index (κ3) is 3.13. The molecule has 0 fully saturated rings. The SMILES string of the molecule is CCc1nc(Cc2ccc(F)cc2)ncc1C(=O)O. The summed E-state index contributed by atoms with van der Waals surface area (Å²) in [5, 5.41) is 8.99. The number of hydrogen-bond donors (Lipinski definition) is 1. The molecule has 0 amide bonds. The number of halogens is 1. The van der Waals surface area contributed by atoms with Crippen LogP contribution in [0.5, 0.6) is 0 Å². The van der Waals surface area contributed by atoms with Crippen LogP contribution in [0.15, 0.2) is 30.5 Å². The Morgan fingerprint density at radius 1 is 1.32 bits per heavy atom. The molecule has 1 aromatic carbocycles. The Hall–Kier alpha value is -2.30. The van der Waals surface area contributed by atoms with Crippen LogP contribution in [0.3, 0.4) is 0 Å². The molecule has 0 unspecified atom stereocenters. The summed E-state index contributed by atoms with van der Waals surface area (Å²) < 4.78 is 12.8. The van der Waals surface area contributed by atoms with Crippen molar-refractivity contribution >= 4 is 5.97 Å². The number of benzene rings is 1. The molecule has 98 valence electrons. The molecule has 0 bridgehead atoms. The quantitative estimate of drug-likeness (QED) is 0.917. The summed E-state index contributed by atoms with van der Waals surface area (Å²) in [7, 11) is 0. The Morgan fingerprint density at radius 3 is 2.58 bits per heavy atom. The lowest BCUT2D eigenvalue weighted by Gasteiger charge is -2.05. The van der Waals surface area contributed by atoms with Gasteiger partial charge in [-0.3, -0.25) is 0 Å². The van der Waals surface area contributed by atoms with Crippen molar-refractivity contribution < 1.29 is 14.3 Å². The van der Waals surface area contributed by atoms with E-state index >= 15 is 0 Å². The van der Waals surface area contributed by atoms with Crippen molar-refractivity contribution in [1.29, 1.82) is 0 Å². The van der Waals surface area contributed by atoms with Crippen LogP contribution >= 0.6 is 0 Å². The molecular formula is C14H13FN2O2. The fourth-order valence-electron chi connectivity index (χ4n) is 1.78. The van der Waals surface area contributed by atoms with Crippen molar-refractivity contribution in [2.45, 2.75) is 19.8 Å². The topological polar surface area (TPSA) is 63.1 Å². The van der Waals surface area contributed by atoms with Crippen molar-refractivity contribution in [3.63, 3.8) is 0 Å². The van der Waals surface area contributed by atoms with E-state index in [1.165, 1.54) is 18.3 Å². The molecule has 5 heteroatoms. The lowest BCUT2D eigenvalue weighted by atomic mass is 10.1. The second-order valence-electron chi connectivity index (χ2n) is 4.11. The predicted octanol–water partition coefficient (Wildman–Crippen LogP) is 2.47. The fourth-order valence-corrected chi connectivity index (χ4v) is 1.78. The van der Waals surface area contributed by atoms with E-state index in [1.807, 2.05) is 6.92 Å². The first kappa shape index (κ1) is 13.1. The molecule has 4 nitrogen and oxygen atoms in total. The van der Waals surface area contributed by atoms with Crippen molar-refractivity contribution in [2.24, 2.45) is 0 Å². The van der Waals surface area contributed by atoms with Crippen LogP contribution in [0.25, 0.3) is 0 Å². The van der Waals surface area contributed by atoms with E-state index in [4.69, 9.17) is 5.11 Å². The molecule has 0 saturated heterocycles. The van der Waals surface area contributed by atoms with Gasteiger partial charge in [0.25, 0.3) is 0 Å². The van der Waals surface area contributed by atoms with E-state index < -0.39 is 5.97 Å². The Balaban J connectivity index is 2.26. The smallest absolute Gasteiger partial charge is 0.339 e. The van der Waals surface area contributed by atoms with Gasteiger partial charge >= 0.3 is 5.97 Å². The van der Waals surface area contributed by atoms with Gasteiger partial charge in [-0.1, -0.05) is 19.1 Å². The van der Waals surface area contributed by atoms with Crippen molar-refractivity contribution in [2.75, 3.05) is 0 Å². The maximum absolute atomic E-state index is 12.8. The molecular weight excluding hydrogens is 247 g/mol. The van der Waals surface area contributed by atoms with Crippen LogP contribution < -0.4 is 0 Å². The summed E-state index contributed by atoms with van der Waals surface area (Å²) >= 11 is 0. The number of carboxylic acid groups (broad SMARTS) is 1. The van der Waals surface area contributed by atoms with Crippen molar-refractivity contribution in [1.82, 2.24) is 9.97 Å². The van der Waals surface area contributed by atoms with Crippen LogP contribution in [0.2, 0.25) is 0 Å². The largest absolute Gasteiger partial charge is 0.478 e. The average molecular weight is 260 g/mol. The van der Waals surface area contributed by atoms with Gasteiger partial charge in [-0.2, -0.15) is 0 Å². The summed E-state index contributed by atoms with van der Waals surface area (Å²) in [5.41, 5.74) is 1.52.